The SMILES string of the molecule is C[C@H]1CC[C@H]2N(C1)C[C@H]1[C@@H]3C[C@H]4[C@@H](C[C@@H](O)[C@H]5C[C@@H](O)CC[C@@]54C)[C@H]3CC[C@@H]1[C@]2(C)O. The van der Waals surface area contributed by atoms with Gasteiger partial charge in [-0.2, -0.15) is 0 Å². The van der Waals surface area contributed by atoms with Crippen molar-refractivity contribution < 1.29 is 15.3 Å². The van der Waals surface area contributed by atoms with Crippen LogP contribution in [0.3, 0.4) is 0 Å². The van der Waals surface area contributed by atoms with Gasteiger partial charge in [-0.3, -0.25) is 4.90 Å². The summed E-state index contributed by atoms with van der Waals surface area (Å²) >= 11 is 0. The van der Waals surface area contributed by atoms with Gasteiger partial charge >= 0.3 is 0 Å². The Kier molecular flexibility index (Phi) is 4.94. The summed E-state index contributed by atoms with van der Waals surface area (Å²) in [5.41, 5.74) is -0.365. The van der Waals surface area contributed by atoms with Crippen molar-refractivity contribution in [2.45, 2.75) is 102 Å². The fourth-order valence-electron chi connectivity index (χ4n) is 10.6. The largest absolute Gasteiger partial charge is 0.393 e. The molecule has 31 heavy (non-hydrogen) atoms. The number of rotatable bonds is 0. The second kappa shape index (κ2) is 7.17. The average Bonchev–Trinajstić information content (AvgIpc) is 3.09. The van der Waals surface area contributed by atoms with Gasteiger partial charge in [0, 0.05) is 19.1 Å². The highest BCUT2D eigenvalue weighted by Gasteiger charge is 2.64. The first-order valence-corrected chi connectivity index (χ1v) is 13.5. The van der Waals surface area contributed by atoms with Crippen LogP contribution in [-0.4, -0.2) is 57.2 Å². The Morgan fingerprint density at radius 3 is 2.35 bits per heavy atom. The molecule has 0 bridgehead atoms. The monoisotopic (exact) mass is 431 g/mol. The van der Waals surface area contributed by atoms with E-state index in [1.807, 2.05) is 0 Å². The molecule has 13 atom stereocenters. The van der Waals surface area contributed by atoms with Crippen LogP contribution in [0.15, 0.2) is 0 Å². The number of piperidine rings is 2. The summed E-state index contributed by atoms with van der Waals surface area (Å²) in [6.45, 7) is 9.36. The first kappa shape index (κ1) is 21.4. The lowest BCUT2D eigenvalue weighted by Gasteiger charge is -2.60. The van der Waals surface area contributed by atoms with Gasteiger partial charge in [0.2, 0.25) is 0 Å². The lowest BCUT2D eigenvalue weighted by Crippen LogP contribution is -2.67. The lowest BCUT2D eigenvalue weighted by atomic mass is 9.51. The summed E-state index contributed by atoms with van der Waals surface area (Å²) in [6, 6.07) is 0.355. The molecule has 4 heteroatoms. The minimum absolute atomic E-state index is 0.188. The Morgan fingerprint density at radius 2 is 1.55 bits per heavy atom. The van der Waals surface area contributed by atoms with Crippen molar-refractivity contribution in [3.05, 3.63) is 0 Å². The molecule has 176 valence electrons. The molecule has 0 unspecified atom stereocenters. The summed E-state index contributed by atoms with van der Waals surface area (Å²) in [5.74, 6) is 4.89. The maximum Gasteiger partial charge on any atom is 0.0805 e. The Balaban J connectivity index is 1.30. The molecule has 0 amide bonds. The summed E-state index contributed by atoms with van der Waals surface area (Å²) in [5, 5.41) is 33.3. The number of hydrogen-bond acceptors (Lipinski definition) is 4. The van der Waals surface area contributed by atoms with Gasteiger partial charge in [-0.25, -0.2) is 0 Å². The molecule has 6 aliphatic rings. The van der Waals surface area contributed by atoms with Gasteiger partial charge in [0.1, 0.15) is 0 Å². The Hall–Kier alpha value is -0.160. The van der Waals surface area contributed by atoms with Crippen LogP contribution in [0.25, 0.3) is 0 Å². The highest BCUT2D eigenvalue weighted by molar-refractivity contribution is 5.14. The molecule has 0 aromatic rings. The van der Waals surface area contributed by atoms with Crippen molar-refractivity contribution in [2.24, 2.45) is 52.8 Å². The number of aliphatic hydroxyl groups excluding tert-OH is 2. The molecule has 0 spiro atoms. The van der Waals surface area contributed by atoms with E-state index in [4.69, 9.17) is 0 Å². The van der Waals surface area contributed by atoms with Gasteiger partial charge in [0.05, 0.1) is 17.8 Å². The summed E-state index contributed by atoms with van der Waals surface area (Å²) < 4.78 is 0. The zero-order valence-electron chi connectivity index (χ0n) is 19.9. The normalized spacial score (nSPS) is 61.5. The van der Waals surface area contributed by atoms with Crippen LogP contribution >= 0.6 is 0 Å². The summed E-state index contributed by atoms with van der Waals surface area (Å²) in [4.78, 5) is 2.68. The number of fused-ring (bicyclic) bond motifs is 8. The molecule has 2 saturated heterocycles. The predicted octanol–water partition coefficient (Wildman–Crippen LogP) is 3.68. The molecule has 4 aliphatic carbocycles. The van der Waals surface area contributed by atoms with Crippen LogP contribution in [0.4, 0.5) is 0 Å². The quantitative estimate of drug-likeness (QED) is 0.547. The zero-order chi connectivity index (χ0) is 21.7. The smallest absolute Gasteiger partial charge is 0.0805 e. The lowest BCUT2D eigenvalue weighted by molar-refractivity contribution is -0.176. The predicted molar refractivity (Wildman–Crippen MR) is 121 cm³/mol. The molecule has 4 nitrogen and oxygen atoms in total. The molecular formula is C27H45NO3. The molecule has 3 N–H and O–H groups in total. The van der Waals surface area contributed by atoms with Crippen LogP contribution in [0, 0.1) is 52.8 Å². The standard InChI is InChI=1S/C27H45NO3/c1-15-4-7-25-27(3,31)21-6-5-17-18(20(21)14-28(25)13-15)11-22-19(17)12-24(30)23-10-16(29)8-9-26(22,23)2/h15-25,29-31H,4-14H2,1-3H3/t15-,16-,17-,18+,19-,20-,21-,22-,23+,24+,25+,26+,27-/m0/s1. The molecule has 0 aromatic heterocycles. The molecule has 4 saturated carbocycles. The number of nitrogens with zero attached hydrogens (tertiary/aromatic N) is 1. The maximum atomic E-state index is 11.8. The highest BCUT2D eigenvalue weighted by Crippen LogP contribution is 2.67. The Bertz CT molecular complexity index is 711. The van der Waals surface area contributed by atoms with Crippen molar-refractivity contribution in [1.29, 1.82) is 0 Å². The molecule has 2 aliphatic heterocycles. The topological polar surface area (TPSA) is 63.9 Å². The molecule has 2 heterocycles. The van der Waals surface area contributed by atoms with E-state index in [0.29, 0.717) is 35.6 Å². The zero-order valence-corrected chi connectivity index (χ0v) is 19.9. The van der Waals surface area contributed by atoms with Crippen LogP contribution in [0.1, 0.15) is 78.6 Å². The maximum absolute atomic E-state index is 11.8. The van der Waals surface area contributed by atoms with E-state index < -0.39 is 5.60 Å². The van der Waals surface area contributed by atoms with E-state index in [9.17, 15) is 15.3 Å². The Morgan fingerprint density at radius 1 is 0.742 bits per heavy atom. The Labute approximate surface area is 188 Å². The molecule has 6 fully saturated rings. The first-order valence-electron chi connectivity index (χ1n) is 13.5. The minimum Gasteiger partial charge on any atom is -0.393 e. The first-order chi connectivity index (χ1) is 14.7. The van der Waals surface area contributed by atoms with E-state index in [2.05, 4.69) is 25.7 Å². The van der Waals surface area contributed by atoms with Crippen LogP contribution in [0.2, 0.25) is 0 Å². The second-order valence-electron chi connectivity index (χ2n) is 13.4. The minimum atomic E-state index is -0.553. The van der Waals surface area contributed by atoms with Crippen LogP contribution in [-0.2, 0) is 0 Å². The van der Waals surface area contributed by atoms with Crippen LogP contribution in [0.5, 0.6) is 0 Å². The molecular weight excluding hydrogens is 386 g/mol. The van der Waals surface area contributed by atoms with E-state index >= 15 is 0 Å². The van der Waals surface area contributed by atoms with Crippen molar-refractivity contribution >= 4 is 0 Å². The third kappa shape index (κ3) is 3.00. The van der Waals surface area contributed by atoms with E-state index in [1.165, 1.54) is 32.2 Å². The molecule has 6 rings (SSSR count). The van der Waals surface area contributed by atoms with Gasteiger partial charge in [-0.05, 0) is 117 Å². The van der Waals surface area contributed by atoms with Crippen molar-refractivity contribution in [3.63, 3.8) is 0 Å². The van der Waals surface area contributed by atoms with E-state index in [0.717, 1.165) is 50.5 Å². The highest BCUT2D eigenvalue weighted by atomic mass is 16.3. The number of hydrogen-bond donors (Lipinski definition) is 3. The molecule has 0 aromatic carbocycles. The summed E-state index contributed by atoms with van der Waals surface area (Å²) in [6.07, 6.45) is 9.43. The van der Waals surface area contributed by atoms with Crippen LogP contribution < -0.4 is 0 Å². The van der Waals surface area contributed by atoms with Gasteiger partial charge in [-0.1, -0.05) is 13.8 Å². The third-order valence-electron chi connectivity index (χ3n) is 12.0. The third-order valence-corrected chi connectivity index (χ3v) is 12.0. The van der Waals surface area contributed by atoms with Gasteiger partial charge in [0.15, 0.2) is 0 Å². The van der Waals surface area contributed by atoms with Crippen molar-refractivity contribution in [2.75, 3.05) is 13.1 Å². The van der Waals surface area contributed by atoms with E-state index in [1.54, 1.807) is 0 Å². The van der Waals surface area contributed by atoms with Gasteiger partial charge in [-0.15, -0.1) is 0 Å². The fraction of sp³-hybridized carbons (Fsp3) is 1.00. The summed E-state index contributed by atoms with van der Waals surface area (Å²) in [7, 11) is 0. The average molecular weight is 432 g/mol. The second-order valence-corrected chi connectivity index (χ2v) is 13.4. The van der Waals surface area contributed by atoms with Gasteiger partial charge in [0.25, 0.3) is 0 Å². The van der Waals surface area contributed by atoms with Gasteiger partial charge < -0.3 is 15.3 Å². The fourth-order valence-corrected chi connectivity index (χ4v) is 10.6. The van der Waals surface area contributed by atoms with Crippen molar-refractivity contribution in [1.82, 2.24) is 4.90 Å². The van der Waals surface area contributed by atoms with E-state index in [-0.39, 0.29) is 23.5 Å². The molecule has 0 radical (unpaired) electrons. The number of aliphatic hydroxyl groups is 3. The van der Waals surface area contributed by atoms with Crippen molar-refractivity contribution in [3.8, 4) is 0 Å².